The van der Waals surface area contributed by atoms with Gasteiger partial charge in [-0.25, -0.2) is 0 Å². The summed E-state index contributed by atoms with van der Waals surface area (Å²) in [5, 5.41) is 7.19. The van der Waals surface area contributed by atoms with Crippen molar-refractivity contribution in [2.45, 2.75) is 31.4 Å². The number of benzene rings is 1. The Hall–Kier alpha value is -0.670. The number of thioether (sulfide) groups is 1. The maximum absolute atomic E-state index is 11.6. The molecule has 1 amide bonds. The molecule has 0 bridgehead atoms. The average Bonchev–Trinajstić information content (AvgIpc) is 2.68. The van der Waals surface area contributed by atoms with E-state index in [1.807, 2.05) is 18.2 Å². The monoisotopic (exact) mass is 538 g/mol. The number of guanidine groups is 1. The van der Waals surface area contributed by atoms with Gasteiger partial charge >= 0.3 is 0 Å². The number of nitrogens with zero attached hydrogens (tertiary/aromatic N) is 2. The molecule has 0 radical (unpaired) electrons. The highest BCUT2D eigenvalue weighted by Crippen LogP contribution is 2.29. The smallest absolute Gasteiger partial charge is 0.220 e. The molecule has 1 atom stereocenters. The van der Waals surface area contributed by atoms with Crippen LogP contribution in [0.3, 0.4) is 0 Å². The number of carbonyl (C=O) groups excluding carboxylic acids is 1. The molecular formula is C20H32ClIN4OS. The molecule has 0 aliphatic carbocycles. The number of likely N-dealkylation sites (tertiary alicyclic amines) is 1. The van der Waals surface area contributed by atoms with Crippen molar-refractivity contribution >= 4 is 59.2 Å². The van der Waals surface area contributed by atoms with Crippen molar-refractivity contribution in [3.63, 3.8) is 0 Å². The van der Waals surface area contributed by atoms with E-state index in [1.165, 1.54) is 5.56 Å². The minimum absolute atomic E-state index is 0. The maximum Gasteiger partial charge on any atom is 0.220 e. The Morgan fingerprint density at radius 2 is 2.11 bits per heavy atom. The topological polar surface area (TPSA) is 56.7 Å². The first-order chi connectivity index (χ1) is 13.1. The lowest BCUT2D eigenvalue weighted by Gasteiger charge is -2.34. The van der Waals surface area contributed by atoms with Crippen LogP contribution in [0.1, 0.15) is 37.0 Å². The van der Waals surface area contributed by atoms with Crippen LogP contribution in [-0.4, -0.2) is 56.2 Å². The van der Waals surface area contributed by atoms with Crippen molar-refractivity contribution in [1.82, 2.24) is 15.5 Å². The Kier molecular flexibility index (Phi) is 12.3. The van der Waals surface area contributed by atoms with Gasteiger partial charge in [-0.1, -0.05) is 23.7 Å². The number of halogens is 2. The van der Waals surface area contributed by atoms with Gasteiger partial charge in [0.2, 0.25) is 5.91 Å². The first kappa shape index (κ1) is 25.4. The van der Waals surface area contributed by atoms with E-state index in [-0.39, 0.29) is 35.1 Å². The second-order valence-electron chi connectivity index (χ2n) is 6.78. The zero-order valence-electron chi connectivity index (χ0n) is 16.9. The lowest BCUT2D eigenvalue weighted by molar-refractivity contribution is -0.121. The van der Waals surface area contributed by atoms with E-state index < -0.39 is 0 Å². The second kappa shape index (κ2) is 13.5. The van der Waals surface area contributed by atoms with E-state index in [4.69, 9.17) is 16.6 Å². The van der Waals surface area contributed by atoms with E-state index in [2.05, 4.69) is 34.8 Å². The van der Waals surface area contributed by atoms with Crippen LogP contribution < -0.4 is 10.6 Å². The van der Waals surface area contributed by atoms with Crippen molar-refractivity contribution in [2.24, 2.45) is 10.9 Å². The lowest BCUT2D eigenvalue weighted by atomic mass is 9.93. The number of carbonyl (C=O) groups is 1. The summed E-state index contributed by atoms with van der Waals surface area (Å²) in [6.07, 6.45) is 4.79. The standard InChI is InChI=1S/C20H31ClN4OS.HI/c1-4-23-20(25-10-8-15(9-11-25)12-19(26)22-2)24-14-18(27-3)16-6-5-7-17(21)13-16;/h5-7,13,15,18H,4,8-12,14H2,1-3H3,(H,22,26)(H,23,24);1H. The van der Waals surface area contributed by atoms with Gasteiger partial charge in [-0.2, -0.15) is 11.8 Å². The molecule has 0 saturated carbocycles. The second-order valence-corrected chi connectivity index (χ2v) is 8.26. The normalized spacial score (nSPS) is 16.3. The van der Waals surface area contributed by atoms with Crippen molar-refractivity contribution in [2.75, 3.05) is 39.5 Å². The summed E-state index contributed by atoms with van der Waals surface area (Å²) in [7, 11) is 1.70. The van der Waals surface area contributed by atoms with Gasteiger partial charge in [-0.3, -0.25) is 9.79 Å². The minimum Gasteiger partial charge on any atom is -0.359 e. The van der Waals surface area contributed by atoms with E-state index in [0.29, 0.717) is 18.9 Å². The summed E-state index contributed by atoms with van der Waals surface area (Å²) in [5.41, 5.74) is 1.21. The summed E-state index contributed by atoms with van der Waals surface area (Å²) >= 11 is 7.94. The molecule has 1 unspecified atom stereocenters. The fourth-order valence-electron chi connectivity index (χ4n) is 3.33. The Labute approximate surface area is 195 Å². The summed E-state index contributed by atoms with van der Waals surface area (Å²) in [6, 6.07) is 8.03. The largest absolute Gasteiger partial charge is 0.359 e. The molecule has 1 aromatic carbocycles. The first-order valence-electron chi connectivity index (χ1n) is 9.59. The molecule has 5 nitrogen and oxygen atoms in total. The summed E-state index contributed by atoms with van der Waals surface area (Å²) in [6.45, 7) is 5.53. The molecule has 0 spiro atoms. The number of hydrogen-bond donors (Lipinski definition) is 2. The highest BCUT2D eigenvalue weighted by Gasteiger charge is 2.23. The van der Waals surface area contributed by atoms with Crippen LogP contribution in [0, 0.1) is 5.92 Å². The zero-order valence-corrected chi connectivity index (χ0v) is 20.8. The Morgan fingerprint density at radius 1 is 1.39 bits per heavy atom. The van der Waals surface area contributed by atoms with Gasteiger partial charge in [0.1, 0.15) is 0 Å². The van der Waals surface area contributed by atoms with Gasteiger partial charge in [-0.05, 0) is 49.6 Å². The van der Waals surface area contributed by atoms with Gasteiger partial charge in [0, 0.05) is 43.4 Å². The zero-order chi connectivity index (χ0) is 19.6. The molecule has 1 aliphatic rings. The predicted octanol–water partition coefficient (Wildman–Crippen LogP) is 4.18. The van der Waals surface area contributed by atoms with Crippen LogP contribution in [0.15, 0.2) is 29.3 Å². The van der Waals surface area contributed by atoms with Gasteiger partial charge in [0.05, 0.1) is 6.54 Å². The van der Waals surface area contributed by atoms with Crippen LogP contribution in [0.25, 0.3) is 0 Å². The van der Waals surface area contributed by atoms with E-state index in [1.54, 1.807) is 18.8 Å². The molecule has 1 aromatic rings. The number of piperidine rings is 1. The molecule has 8 heteroatoms. The fourth-order valence-corrected chi connectivity index (χ4v) is 4.17. The van der Waals surface area contributed by atoms with Crippen LogP contribution in [0.5, 0.6) is 0 Å². The average molecular weight is 539 g/mol. The summed E-state index contributed by atoms with van der Waals surface area (Å²) in [4.78, 5) is 18.8. The van der Waals surface area contributed by atoms with Crippen LogP contribution >= 0.6 is 47.3 Å². The number of amides is 1. The van der Waals surface area contributed by atoms with Crippen LogP contribution in [-0.2, 0) is 4.79 Å². The number of hydrogen-bond acceptors (Lipinski definition) is 3. The highest BCUT2D eigenvalue weighted by molar-refractivity contribution is 14.0. The van der Waals surface area contributed by atoms with E-state index >= 15 is 0 Å². The predicted molar refractivity (Wildman–Crippen MR) is 132 cm³/mol. The highest BCUT2D eigenvalue weighted by atomic mass is 127. The third-order valence-electron chi connectivity index (χ3n) is 4.91. The van der Waals surface area contributed by atoms with Gasteiger partial charge in [0.25, 0.3) is 0 Å². The molecule has 28 heavy (non-hydrogen) atoms. The number of nitrogens with one attached hydrogen (secondary N) is 2. The molecule has 0 aromatic heterocycles. The molecular weight excluding hydrogens is 507 g/mol. The van der Waals surface area contributed by atoms with E-state index in [9.17, 15) is 4.79 Å². The van der Waals surface area contributed by atoms with Crippen molar-refractivity contribution in [3.05, 3.63) is 34.9 Å². The maximum atomic E-state index is 11.6. The molecule has 2 N–H and O–H groups in total. The molecule has 1 aliphatic heterocycles. The van der Waals surface area contributed by atoms with Crippen LogP contribution in [0.4, 0.5) is 0 Å². The summed E-state index contributed by atoms with van der Waals surface area (Å²) < 4.78 is 0. The SMILES string of the molecule is CCNC(=NCC(SC)c1cccc(Cl)c1)N1CCC(CC(=O)NC)CC1.I. The minimum atomic E-state index is 0. The first-order valence-corrected chi connectivity index (χ1v) is 11.3. The number of aliphatic imine (C=N–C) groups is 1. The Balaban J connectivity index is 0.00000392. The Morgan fingerprint density at radius 3 is 2.68 bits per heavy atom. The van der Waals surface area contributed by atoms with Gasteiger partial charge < -0.3 is 15.5 Å². The van der Waals surface area contributed by atoms with Crippen molar-refractivity contribution in [3.8, 4) is 0 Å². The van der Waals surface area contributed by atoms with Gasteiger partial charge in [0.15, 0.2) is 5.96 Å². The molecule has 158 valence electrons. The van der Waals surface area contributed by atoms with Gasteiger partial charge in [-0.15, -0.1) is 24.0 Å². The third-order valence-corrected chi connectivity index (χ3v) is 6.14. The molecule has 2 rings (SSSR count). The van der Waals surface area contributed by atoms with E-state index in [0.717, 1.165) is 43.5 Å². The summed E-state index contributed by atoms with van der Waals surface area (Å²) in [5.74, 6) is 1.57. The third kappa shape index (κ3) is 7.99. The Bertz CT molecular complexity index is 638. The lowest BCUT2D eigenvalue weighted by Crippen LogP contribution is -2.46. The molecule has 1 fully saturated rings. The van der Waals surface area contributed by atoms with Crippen molar-refractivity contribution < 1.29 is 4.79 Å². The van der Waals surface area contributed by atoms with Crippen molar-refractivity contribution in [1.29, 1.82) is 0 Å². The fraction of sp³-hybridized carbons (Fsp3) is 0.600. The molecule has 1 heterocycles. The van der Waals surface area contributed by atoms with Crippen LogP contribution in [0.2, 0.25) is 5.02 Å². The molecule has 1 saturated heterocycles. The number of rotatable bonds is 7. The quantitative estimate of drug-likeness (QED) is 0.311.